The van der Waals surface area contributed by atoms with Gasteiger partial charge in [-0.3, -0.25) is 4.79 Å². The van der Waals surface area contributed by atoms with Crippen LogP contribution < -0.4 is 5.32 Å². The molecular formula is C18H22FN3O. The smallest absolute Gasteiger partial charge is 0.272 e. The van der Waals surface area contributed by atoms with E-state index in [2.05, 4.69) is 24.3 Å². The second-order valence-electron chi connectivity index (χ2n) is 6.82. The summed E-state index contributed by atoms with van der Waals surface area (Å²) in [7, 11) is 0. The quantitative estimate of drug-likeness (QED) is 0.938. The van der Waals surface area contributed by atoms with E-state index in [0.29, 0.717) is 11.4 Å². The van der Waals surface area contributed by atoms with Gasteiger partial charge in [0.2, 0.25) is 0 Å². The first kappa shape index (κ1) is 15.7. The Balaban J connectivity index is 1.71. The van der Waals surface area contributed by atoms with E-state index in [9.17, 15) is 9.18 Å². The van der Waals surface area contributed by atoms with Gasteiger partial charge in [0.05, 0.1) is 5.69 Å². The van der Waals surface area contributed by atoms with Crippen molar-refractivity contribution in [3.8, 4) is 5.69 Å². The Morgan fingerprint density at radius 3 is 2.78 bits per heavy atom. The Morgan fingerprint density at radius 2 is 2.09 bits per heavy atom. The Morgan fingerprint density at radius 1 is 1.35 bits per heavy atom. The van der Waals surface area contributed by atoms with Crippen molar-refractivity contribution in [1.82, 2.24) is 15.1 Å². The minimum absolute atomic E-state index is 0.160. The molecule has 0 spiro atoms. The van der Waals surface area contributed by atoms with Gasteiger partial charge in [0.25, 0.3) is 5.91 Å². The maximum absolute atomic E-state index is 13.3. The highest BCUT2D eigenvalue weighted by Crippen LogP contribution is 2.31. The lowest BCUT2D eigenvalue weighted by molar-refractivity contribution is 0.0864. The second-order valence-corrected chi connectivity index (χ2v) is 6.82. The van der Waals surface area contributed by atoms with Gasteiger partial charge in [-0.05, 0) is 62.8 Å². The summed E-state index contributed by atoms with van der Waals surface area (Å²) in [4.78, 5) is 12.5. The standard InChI is InChI=1S/C18H22FN3O/c1-13-6-9-18(2,10-7-13)20-17(23)16-8-11-22(21-16)15-5-3-4-14(19)12-15/h3-5,8,11-13H,6-7,9-10H2,1-2H3,(H,20,23). The number of halogens is 1. The molecule has 0 unspecified atom stereocenters. The molecule has 4 nitrogen and oxygen atoms in total. The molecule has 2 aromatic rings. The lowest BCUT2D eigenvalue weighted by Crippen LogP contribution is -2.48. The summed E-state index contributed by atoms with van der Waals surface area (Å²) in [6, 6.07) is 7.80. The summed E-state index contributed by atoms with van der Waals surface area (Å²) in [5, 5.41) is 7.39. The van der Waals surface area contributed by atoms with Gasteiger partial charge >= 0.3 is 0 Å². The molecule has 1 fully saturated rings. The molecule has 122 valence electrons. The van der Waals surface area contributed by atoms with Crippen LogP contribution in [0.5, 0.6) is 0 Å². The van der Waals surface area contributed by atoms with Crippen LogP contribution in [0, 0.1) is 11.7 Å². The van der Waals surface area contributed by atoms with E-state index in [1.165, 1.54) is 16.8 Å². The number of carbonyl (C=O) groups is 1. The third-order valence-corrected chi connectivity index (χ3v) is 4.69. The summed E-state index contributed by atoms with van der Waals surface area (Å²) in [5.41, 5.74) is 0.794. The summed E-state index contributed by atoms with van der Waals surface area (Å²) in [6.45, 7) is 4.35. The monoisotopic (exact) mass is 315 g/mol. The van der Waals surface area contributed by atoms with Crippen LogP contribution >= 0.6 is 0 Å². The lowest BCUT2D eigenvalue weighted by Gasteiger charge is -2.36. The van der Waals surface area contributed by atoms with E-state index in [0.717, 1.165) is 31.6 Å². The predicted octanol–water partition coefficient (Wildman–Crippen LogP) is 3.71. The van der Waals surface area contributed by atoms with Crippen LogP contribution in [0.1, 0.15) is 50.0 Å². The molecule has 0 saturated heterocycles. The number of carbonyl (C=O) groups excluding carboxylic acids is 1. The molecule has 23 heavy (non-hydrogen) atoms. The van der Waals surface area contributed by atoms with Crippen molar-refractivity contribution >= 4 is 5.91 Å². The van der Waals surface area contributed by atoms with Crippen LogP contribution in [0.4, 0.5) is 4.39 Å². The fraction of sp³-hybridized carbons (Fsp3) is 0.444. The normalized spacial score (nSPS) is 24.4. The third-order valence-electron chi connectivity index (χ3n) is 4.69. The number of aromatic nitrogens is 2. The average Bonchev–Trinajstić information content (AvgIpc) is 3.01. The van der Waals surface area contributed by atoms with Crippen molar-refractivity contribution in [2.45, 2.75) is 45.1 Å². The maximum Gasteiger partial charge on any atom is 0.272 e. The van der Waals surface area contributed by atoms with E-state index in [1.807, 2.05) is 0 Å². The fourth-order valence-corrected chi connectivity index (χ4v) is 3.07. The Bertz CT molecular complexity index is 702. The highest BCUT2D eigenvalue weighted by Gasteiger charge is 2.31. The van der Waals surface area contributed by atoms with Gasteiger partial charge in [0.1, 0.15) is 5.82 Å². The zero-order chi connectivity index (χ0) is 16.4. The second kappa shape index (κ2) is 6.14. The number of benzene rings is 1. The largest absolute Gasteiger partial charge is 0.345 e. The summed E-state index contributed by atoms with van der Waals surface area (Å²) >= 11 is 0. The maximum atomic E-state index is 13.3. The van der Waals surface area contributed by atoms with Crippen molar-refractivity contribution in [2.75, 3.05) is 0 Å². The van der Waals surface area contributed by atoms with Gasteiger partial charge < -0.3 is 5.32 Å². The van der Waals surface area contributed by atoms with E-state index in [1.54, 1.807) is 24.4 Å². The molecule has 1 amide bonds. The molecule has 0 radical (unpaired) electrons. The first-order chi connectivity index (χ1) is 11.0. The third kappa shape index (κ3) is 3.60. The number of amides is 1. The molecule has 0 atom stereocenters. The number of hydrogen-bond acceptors (Lipinski definition) is 2. The van der Waals surface area contributed by atoms with Crippen molar-refractivity contribution in [1.29, 1.82) is 0 Å². The van der Waals surface area contributed by atoms with Gasteiger partial charge in [0, 0.05) is 11.7 Å². The van der Waals surface area contributed by atoms with Crippen LogP contribution in [0.2, 0.25) is 0 Å². The average molecular weight is 315 g/mol. The lowest BCUT2D eigenvalue weighted by atomic mass is 9.78. The number of hydrogen-bond donors (Lipinski definition) is 1. The van der Waals surface area contributed by atoms with Crippen LogP contribution in [0.25, 0.3) is 5.69 Å². The van der Waals surface area contributed by atoms with Gasteiger partial charge in [-0.1, -0.05) is 13.0 Å². The number of rotatable bonds is 3. The van der Waals surface area contributed by atoms with Gasteiger partial charge in [-0.2, -0.15) is 5.10 Å². The Kier molecular flexibility index (Phi) is 4.20. The summed E-state index contributed by atoms with van der Waals surface area (Å²) in [6.07, 6.45) is 5.92. The molecule has 3 rings (SSSR count). The minimum Gasteiger partial charge on any atom is -0.345 e. The molecule has 1 N–H and O–H groups in total. The van der Waals surface area contributed by atoms with Crippen LogP contribution in [-0.4, -0.2) is 21.2 Å². The van der Waals surface area contributed by atoms with Crippen molar-refractivity contribution < 1.29 is 9.18 Å². The number of nitrogens with zero attached hydrogens (tertiary/aromatic N) is 2. The first-order valence-electron chi connectivity index (χ1n) is 8.09. The minimum atomic E-state index is -0.326. The summed E-state index contributed by atoms with van der Waals surface area (Å²) in [5.74, 6) is 0.234. The Labute approximate surface area is 135 Å². The van der Waals surface area contributed by atoms with E-state index >= 15 is 0 Å². The molecule has 1 aliphatic rings. The molecular weight excluding hydrogens is 293 g/mol. The van der Waals surface area contributed by atoms with Gasteiger partial charge in [0.15, 0.2) is 5.69 Å². The molecule has 1 aliphatic carbocycles. The molecule has 1 heterocycles. The zero-order valence-electron chi connectivity index (χ0n) is 13.6. The van der Waals surface area contributed by atoms with Crippen molar-refractivity contribution in [3.05, 3.63) is 48.0 Å². The molecule has 0 bridgehead atoms. The number of nitrogens with one attached hydrogen (secondary N) is 1. The SMILES string of the molecule is CC1CCC(C)(NC(=O)c2ccn(-c3cccc(F)c3)n2)CC1. The molecule has 5 heteroatoms. The van der Waals surface area contributed by atoms with Crippen molar-refractivity contribution in [2.24, 2.45) is 5.92 Å². The van der Waals surface area contributed by atoms with Gasteiger partial charge in [-0.15, -0.1) is 0 Å². The Hall–Kier alpha value is -2.17. The highest BCUT2D eigenvalue weighted by atomic mass is 19.1. The molecule has 0 aliphatic heterocycles. The molecule has 1 aromatic carbocycles. The van der Waals surface area contributed by atoms with Crippen LogP contribution in [0.3, 0.4) is 0 Å². The van der Waals surface area contributed by atoms with E-state index in [4.69, 9.17) is 0 Å². The topological polar surface area (TPSA) is 46.9 Å². The van der Waals surface area contributed by atoms with E-state index in [-0.39, 0.29) is 17.3 Å². The van der Waals surface area contributed by atoms with Crippen LogP contribution in [0.15, 0.2) is 36.5 Å². The molecule has 1 saturated carbocycles. The zero-order valence-corrected chi connectivity index (χ0v) is 13.6. The van der Waals surface area contributed by atoms with Crippen molar-refractivity contribution in [3.63, 3.8) is 0 Å². The summed E-state index contributed by atoms with van der Waals surface area (Å²) < 4.78 is 14.8. The predicted molar refractivity (Wildman–Crippen MR) is 87.0 cm³/mol. The fourth-order valence-electron chi connectivity index (χ4n) is 3.07. The van der Waals surface area contributed by atoms with E-state index < -0.39 is 0 Å². The first-order valence-corrected chi connectivity index (χ1v) is 8.09. The van der Waals surface area contributed by atoms with Crippen LogP contribution in [-0.2, 0) is 0 Å². The van der Waals surface area contributed by atoms with Gasteiger partial charge in [-0.25, -0.2) is 9.07 Å². The highest BCUT2D eigenvalue weighted by molar-refractivity contribution is 5.92. The molecule has 1 aromatic heterocycles.